The van der Waals surface area contributed by atoms with Crippen LogP contribution in [-0.2, 0) is 23.3 Å². The monoisotopic (exact) mass is 579 g/mol. The Kier molecular flexibility index (Phi) is 6.25. The van der Waals surface area contributed by atoms with Gasteiger partial charge in [0.15, 0.2) is 11.2 Å². The van der Waals surface area contributed by atoms with Crippen LogP contribution in [0.15, 0.2) is 60.0 Å². The van der Waals surface area contributed by atoms with E-state index < -0.39 is 5.60 Å². The molecule has 222 valence electrons. The predicted molar refractivity (Wildman–Crippen MR) is 168 cm³/mol. The highest BCUT2D eigenvalue weighted by Crippen LogP contribution is 2.52. The molecular formula is C33H37N7O3. The Labute approximate surface area is 250 Å². The molecular weight excluding hydrogens is 542 g/mol. The van der Waals surface area contributed by atoms with E-state index in [-0.39, 0.29) is 18.0 Å². The van der Waals surface area contributed by atoms with Gasteiger partial charge in [-0.1, -0.05) is 19.1 Å². The first-order chi connectivity index (χ1) is 20.6. The van der Waals surface area contributed by atoms with Gasteiger partial charge in [0.2, 0.25) is 5.95 Å². The van der Waals surface area contributed by atoms with Gasteiger partial charge in [-0.2, -0.15) is 4.98 Å². The summed E-state index contributed by atoms with van der Waals surface area (Å²) in [4.78, 5) is 40.3. The number of rotatable bonds is 7. The molecule has 0 bridgehead atoms. The van der Waals surface area contributed by atoms with Crippen LogP contribution in [-0.4, -0.2) is 55.9 Å². The molecule has 4 aromatic rings. The molecule has 1 amide bonds. The van der Waals surface area contributed by atoms with Crippen LogP contribution in [0.5, 0.6) is 5.75 Å². The van der Waals surface area contributed by atoms with E-state index in [2.05, 4.69) is 47.0 Å². The van der Waals surface area contributed by atoms with Crippen LogP contribution in [0.25, 0.3) is 16.7 Å². The van der Waals surface area contributed by atoms with E-state index in [1.807, 2.05) is 25.1 Å². The number of nitrogens with zero attached hydrogens (tertiary/aromatic N) is 6. The molecule has 2 aliphatic heterocycles. The summed E-state index contributed by atoms with van der Waals surface area (Å²) in [7, 11) is 2.18. The van der Waals surface area contributed by atoms with E-state index in [0.29, 0.717) is 46.1 Å². The summed E-state index contributed by atoms with van der Waals surface area (Å²) >= 11 is 0. The fourth-order valence-corrected chi connectivity index (χ4v) is 6.75. The Balaban J connectivity index is 1.31. The van der Waals surface area contributed by atoms with Crippen molar-refractivity contribution in [2.75, 3.05) is 30.4 Å². The number of hydrogen-bond acceptors (Lipinski definition) is 7. The van der Waals surface area contributed by atoms with E-state index >= 15 is 0 Å². The number of carbonyl (C=O) groups excluding carboxylic acids is 1. The molecule has 1 aliphatic carbocycles. The molecule has 1 spiro atoms. The fraction of sp³-hybridized carbons (Fsp3) is 0.394. The van der Waals surface area contributed by atoms with Gasteiger partial charge < -0.3 is 19.9 Å². The number of benzene rings is 2. The topological polar surface area (TPSA) is 97.5 Å². The van der Waals surface area contributed by atoms with Crippen LogP contribution in [0, 0.1) is 0 Å². The van der Waals surface area contributed by atoms with Gasteiger partial charge >= 0.3 is 0 Å². The van der Waals surface area contributed by atoms with Crippen molar-refractivity contribution in [3.8, 4) is 11.4 Å². The van der Waals surface area contributed by atoms with E-state index in [1.54, 1.807) is 40.4 Å². The molecule has 0 atom stereocenters. The van der Waals surface area contributed by atoms with E-state index in [0.717, 1.165) is 25.2 Å². The minimum atomic E-state index is -0.964. The minimum Gasteiger partial charge on any atom is -0.476 e. The van der Waals surface area contributed by atoms with Crippen LogP contribution < -0.4 is 20.5 Å². The van der Waals surface area contributed by atoms with Gasteiger partial charge in [-0.15, -0.1) is 6.58 Å². The Morgan fingerprint density at radius 2 is 1.95 bits per heavy atom. The van der Waals surface area contributed by atoms with Gasteiger partial charge in [-0.3, -0.25) is 9.59 Å². The maximum atomic E-state index is 13.5. The highest BCUT2D eigenvalue weighted by molar-refractivity contribution is 6.02. The van der Waals surface area contributed by atoms with E-state index in [9.17, 15) is 9.59 Å². The smallest absolute Gasteiger partial charge is 0.278 e. The van der Waals surface area contributed by atoms with Crippen LogP contribution in [0.4, 0.5) is 17.3 Å². The van der Waals surface area contributed by atoms with Crippen LogP contribution in [0.3, 0.4) is 0 Å². The van der Waals surface area contributed by atoms with Crippen molar-refractivity contribution in [3.63, 3.8) is 0 Å². The number of amides is 1. The first-order valence-corrected chi connectivity index (χ1v) is 15.0. The number of hydrogen-bond donors (Lipinski definition) is 1. The van der Waals surface area contributed by atoms with Gasteiger partial charge in [0.1, 0.15) is 11.1 Å². The van der Waals surface area contributed by atoms with Crippen molar-refractivity contribution in [2.24, 2.45) is 0 Å². The second-order valence-electron chi connectivity index (χ2n) is 12.6. The molecule has 10 nitrogen and oxygen atoms in total. The fourth-order valence-electron chi connectivity index (χ4n) is 6.75. The molecule has 2 aromatic heterocycles. The standard InChI is InChI=1S/C33H37N7O3/c1-6-14-38-26-17-23(9-11-27(26)43-32(3,4)30(38)42)40-28-24(29(41)39(40)15-7-2)18-34-31(36-28)35-22-8-10-25-21(16-22)19-37(5)20-33(25)12-13-33/h7-11,16-18H,2,6,12-15,19-20H2,1,3-5H3,(H,34,35,36). The third-order valence-electron chi connectivity index (χ3n) is 8.83. The van der Waals surface area contributed by atoms with Crippen molar-refractivity contribution in [1.82, 2.24) is 24.2 Å². The van der Waals surface area contributed by atoms with Gasteiger partial charge in [-0.05, 0) is 81.6 Å². The van der Waals surface area contributed by atoms with E-state index in [1.165, 1.54) is 24.0 Å². The molecule has 0 unspecified atom stereocenters. The zero-order chi connectivity index (χ0) is 30.1. The second kappa shape index (κ2) is 9.80. The maximum Gasteiger partial charge on any atom is 0.278 e. The highest BCUT2D eigenvalue weighted by Gasteiger charge is 2.48. The Morgan fingerprint density at radius 3 is 2.70 bits per heavy atom. The third kappa shape index (κ3) is 4.43. The molecule has 0 radical (unpaired) electrons. The average Bonchev–Trinajstić information content (AvgIpc) is 3.68. The van der Waals surface area contributed by atoms with Crippen molar-refractivity contribution in [3.05, 3.63) is 76.7 Å². The maximum absolute atomic E-state index is 13.5. The molecule has 2 aromatic carbocycles. The van der Waals surface area contributed by atoms with Crippen molar-refractivity contribution in [2.45, 2.75) is 64.1 Å². The molecule has 1 saturated carbocycles. The highest BCUT2D eigenvalue weighted by atomic mass is 16.5. The first kappa shape index (κ1) is 27.4. The zero-order valence-corrected chi connectivity index (χ0v) is 25.2. The zero-order valence-electron chi connectivity index (χ0n) is 25.2. The molecule has 1 N–H and O–H groups in total. The molecule has 0 saturated heterocycles. The number of anilines is 3. The summed E-state index contributed by atoms with van der Waals surface area (Å²) in [6.45, 7) is 12.3. The number of allylic oxidation sites excluding steroid dienone is 1. The van der Waals surface area contributed by atoms with Gasteiger partial charge in [0.05, 0.1) is 17.9 Å². The lowest BCUT2D eigenvalue weighted by Gasteiger charge is -2.39. The van der Waals surface area contributed by atoms with Gasteiger partial charge in [0, 0.05) is 36.9 Å². The number of nitrogens with one attached hydrogen (secondary N) is 1. The predicted octanol–water partition coefficient (Wildman–Crippen LogP) is 4.90. The normalized spacial score (nSPS) is 18.3. The summed E-state index contributed by atoms with van der Waals surface area (Å²) < 4.78 is 9.46. The van der Waals surface area contributed by atoms with Crippen molar-refractivity contribution in [1.29, 1.82) is 0 Å². The summed E-state index contributed by atoms with van der Waals surface area (Å²) in [6, 6.07) is 12.2. The molecule has 43 heavy (non-hydrogen) atoms. The number of carbonyl (C=O) groups is 1. The first-order valence-electron chi connectivity index (χ1n) is 15.0. The number of ether oxygens (including phenoxy) is 1. The summed E-state index contributed by atoms with van der Waals surface area (Å²) in [6.07, 6.45) is 6.53. The largest absolute Gasteiger partial charge is 0.476 e. The Morgan fingerprint density at radius 1 is 1.14 bits per heavy atom. The molecule has 3 aliphatic rings. The quantitative estimate of drug-likeness (QED) is 0.311. The number of aromatic nitrogens is 4. The van der Waals surface area contributed by atoms with E-state index in [4.69, 9.17) is 9.72 Å². The van der Waals surface area contributed by atoms with Crippen LogP contribution >= 0.6 is 0 Å². The third-order valence-corrected chi connectivity index (χ3v) is 8.83. The summed E-state index contributed by atoms with van der Waals surface area (Å²) in [5.74, 6) is 0.921. The average molecular weight is 580 g/mol. The second-order valence-corrected chi connectivity index (χ2v) is 12.6. The van der Waals surface area contributed by atoms with Gasteiger partial charge in [-0.25, -0.2) is 14.3 Å². The number of fused-ring (bicyclic) bond motifs is 4. The SMILES string of the molecule is C=CCn1c(=O)c2cnc(Nc3ccc4c(c3)CN(C)CC43CC3)nc2n1-c1ccc2c(c1)N(CCC)C(=O)C(C)(C)O2. The van der Waals surface area contributed by atoms with Crippen LogP contribution in [0.2, 0.25) is 0 Å². The molecule has 1 fully saturated rings. The van der Waals surface area contributed by atoms with Crippen molar-refractivity contribution >= 4 is 34.3 Å². The van der Waals surface area contributed by atoms with Gasteiger partial charge in [0.25, 0.3) is 11.5 Å². The summed E-state index contributed by atoms with van der Waals surface area (Å²) in [5.41, 5.74) is 4.64. The van der Waals surface area contributed by atoms with Crippen LogP contribution in [0.1, 0.15) is 51.2 Å². The van der Waals surface area contributed by atoms with Crippen molar-refractivity contribution < 1.29 is 9.53 Å². The molecule has 10 heteroatoms. The Hall–Kier alpha value is -4.44. The summed E-state index contributed by atoms with van der Waals surface area (Å²) in [5, 5.41) is 3.77. The Bertz CT molecular complexity index is 1850. The number of likely N-dealkylation sites (N-methyl/N-ethyl adjacent to an activating group) is 1. The minimum absolute atomic E-state index is 0.0995. The lowest BCUT2D eigenvalue weighted by Crippen LogP contribution is -2.52. The lowest BCUT2D eigenvalue weighted by molar-refractivity contribution is -0.132. The molecule has 7 rings (SSSR count). The molecule has 4 heterocycles. The lowest BCUT2D eigenvalue weighted by atomic mass is 9.87.